The van der Waals surface area contributed by atoms with E-state index in [9.17, 15) is 0 Å². The quantitative estimate of drug-likeness (QED) is 0.537. The van der Waals surface area contributed by atoms with E-state index in [1.807, 2.05) is 31.3 Å². The van der Waals surface area contributed by atoms with Crippen molar-refractivity contribution >= 4 is 16.7 Å². The predicted octanol–water partition coefficient (Wildman–Crippen LogP) is 2.12. The first kappa shape index (κ1) is 6.86. The maximum atomic E-state index is 6.89. The van der Waals surface area contributed by atoms with Gasteiger partial charge in [0.1, 0.15) is 0 Å². The lowest BCUT2D eigenvalue weighted by Gasteiger charge is -1.87. The van der Waals surface area contributed by atoms with Crippen LogP contribution in [0.1, 0.15) is 0 Å². The van der Waals surface area contributed by atoms with Crippen molar-refractivity contribution < 1.29 is 0 Å². The van der Waals surface area contributed by atoms with Crippen LogP contribution in [0.2, 0.25) is 0 Å². The lowest BCUT2D eigenvalue weighted by Crippen LogP contribution is -1.87. The van der Waals surface area contributed by atoms with Crippen molar-refractivity contribution in [1.29, 1.82) is 0 Å². The summed E-state index contributed by atoms with van der Waals surface area (Å²) in [5, 5.41) is 5.00. The maximum absolute atomic E-state index is 6.89. The summed E-state index contributed by atoms with van der Waals surface area (Å²) < 4.78 is 1.72. The Kier molecular flexibility index (Phi) is 1.34. The second-order valence-electron chi connectivity index (χ2n) is 2.58. The molecule has 1 aromatic heterocycles. The van der Waals surface area contributed by atoms with E-state index in [0.717, 1.165) is 10.9 Å². The molecule has 12 heavy (non-hydrogen) atoms. The molecule has 0 saturated heterocycles. The Hall–Kier alpha value is -1.82. The van der Waals surface area contributed by atoms with E-state index in [1.165, 1.54) is 0 Å². The Bertz CT molecular complexity index is 462. The second kappa shape index (κ2) is 2.35. The molecule has 3 heteroatoms. The van der Waals surface area contributed by atoms with Gasteiger partial charge < -0.3 is 4.85 Å². The lowest BCUT2D eigenvalue weighted by atomic mass is 10.2. The molecule has 58 valence electrons. The Morgan fingerprint density at radius 1 is 1.42 bits per heavy atom. The van der Waals surface area contributed by atoms with Gasteiger partial charge >= 0.3 is 5.82 Å². The molecule has 0 N–H and O–H groups in total. The largest absolute Gasteiger partial charge is 0.358 e. The van der Waals surface area contributed by atoms with Gasteiger partial charge in [-0.1, -0.05) is 24.8 Å². The summed E-state index contributed by atoms with van der Waals surface area (Å²) in [6, 6.07) is 7.73. The van der Waals surface area contributed by atoms with Gasteiger partial charge in [0.15, 0.2) is 0 Å². The van der Waals surface area contributed by atoms with Gasteiger partial charge in [0.25, 0.3) is 0 Å². The zero-order valence-corrected chi connectivity index (χ0v) is 6.65. The highest BCUT2D eigenvalue weighted by Crippen LogP contribution is 2.23. The minimum Gasteiger partial charge on any atom is -0.358 e. The first-order chi connectivity index (χ1) is 5.83. The summed E-state index contributed by atoms with van der Waals surface area (Å²) >= 11 is 0. The number of fused-ring (bicyclic) bond motifs is 1. The second-order valence-corrected chi connectivity index (χ2v) is 2.58. The van der Waals surface area contributed by atoms with Gasteiger partial charge in [0.2, 0.25) is 0 Å². The summed E-state index contributed by atoms with van der Waals surface area (Å²) in [4.78, 5) is 3.34. The first-order valence-corrected chi connectivity index (χ1v) is 3.62. The third-order valence-electron chi connectivity index (χ3n) is 1.84. The number of nitrogens with zero attached hydrogens (tertiary/aromatic N) is 3. The molecule has 0 fully saturated rings. The summed E-state index contributed by atoms with van der Waals surface area (Å²) in [6.45, 7) is 6.89. The van der Waals surface area contributed by atoms with Crippen LogP contribution in [0.5, 0.6) is 0 Å². The van der Waals surface area contributed by atoms with Gasteiger partial charge in [0, 0.05) is 5.39 Å². The molecule has 2 rings (SSSR count). The summed E-state index contributed by atoms with van der Waals surface area (Å²) in [5.74, 6) is 0.480. The highest BCUT2D eigenvalue weighted by Gasteiger charge is 2.07. The van der Waals surface area contributed by atoms with E-state index in [0.29, 0.717) is 5.82 Å². The Balaban J connectivity index is 2.94. The average molecular weight is 157 g/mol. The molecule has 0 aliphatic carbocycles. The van der Waals surface area contributed by atoms with Crippen molar-refractivity contribution in [2.45, 2.75) is 0 Å². The third-order valence-corrected chi connectivity index (χ3v) is 1.84. The van der Waals surface area contributed by atoms with E-state index < -0.39 is 0 Å². The van der Waals surface area contributed by atoms with Crippen LogP contribution in [0.3, 0.4) is 0 Å². The van der Waals surface area contributed by atoms with E-state index in [-0.39, 0.29) is 0 Å². The van der Waals surface area contributed by atoms with Crippen LogP contribution in [-0.2, 0) is 7.05 Å². The smallest absolute Gasteiger partial charge is 0.303 e. The van der Waals surface area contributed by atoms with Gasteiger partial charge in [-0.05, 0) is 11.2 Å². The summed E-state index contributed by atoms with van der Waals surface area (Å²) in [5.41, 5.74) is 1.00. The SMILES string of the molecule is [C-]#[N+]c1nn(C)c2ccccc12. The molecule has 0 unspecified atom stereocenters. The topological polar surface area (TPSA) is 22.2 Å². The van der Waals surface area contributed by atoms with Gasteiger partial charge in [-0.15, -0.1) is 0 Å². The monoisotopic (exact) mass is 157 g/mol. The molecule has 0 amide bonds. The van der Waals surface area contributed by atoms with E-state index in [1.54, 1.807) is 4.68 Å². The molecule has 2 aromatic rings. The lowest BCUT2D eigenvalue weighted by molar-refractivity contribution is 0.803. The van der Waals surface area contributed by atoms with E-state index in [2.05, 4.69) is 9.94 Å². The summed E-state index contributed by atoms with van der Waals surface area (Å²) in [6.07, 6.45) is 0. The number of hydrogen-bond donors (Lipinski definition) is 0. The number of para-hydroxylation sites is 1. The van der Waals surface area contributed by atoms with Crippen molar-refractivity contribution in [1.82, 2.24) is 9.78 Å². The Morgan fingerprint density at radius 3 is 2.92 bits per heavy atom. The molecular weight excluding hydrogens is 150 g/mol. The van der Waals surface area contributed by atoms with E-state index >= 15 is 0 Å². The van der Waals surface area contributed by atoms with E-state index in [4.69, 9.17) is 6.57 Å². The van der Waals surface area contributed by atoms with Crippen LogP contribution >= 0.6 is 0 Å². The van der Waals surface area contributed by atoms with Crippen molar-refractivity contribution in [3.05, 3.63) is 35.7 Å². The fraction of sp³-hybridized carbons (Fsp3) is 0.111. The molecule has 1 aromatic carbocycles. The van der Waals surface area contributed by atoms with Gasteiger partial charge in [-0.25, -0.2) is 0 Å². The van der Waals surface area contributed by atoms with Gasteiger partial charge in [-0.2, -0.15) is 4.68 Å². The van der Waals surface area contributed by atoms with Crippen LogP contribution in [-0.4, -0.2) is 9.78 Å². The Labute approximate surface area is 70.1 Å². The van der Waals surface area contributed by atoms with Crippen LogP contribution < -0.4 is 0 Å². The molecule has 0 spiro atoms. The maximum Gasteiger partial charge on any atom is 0.303 e. The Morgan fingerprint density at radius 2 is 2.17 bits per heavy atom. The minimum atomic E-state index is 0.480. The highest BCUT2D eigenvalue weighted by molar-refractivity contribution is 5.90. The number of rotatable bonds is 0. The normalized spacial score (nSPS) is 10.0. The van der Waals surface area contributed by atoms with Gasteiger partial charge in [-0.3, -0.25) is 0 Å². The molecule has 0 saturated carbocycles. The third kappa shape index (κ3) is 0.785. The molecule has 0 aliphatic heterocycles. The van der Waals surface area contributed by atoms with Crippen LogP contribution in [0.4, 0.5) is 5.82 Å². The number of aryl methyl sites for hydroxylation is 1. The molecule has 0 atom stereocenters. The van der Waals surface area contributed by atoms with Crippen LogP contribution in [0.25, 0.3) is 15.7 Å². The molecule has 0 aliphatic rings. The number of aromatic nitrogens is 2. The number of hydrogen-bond acceptors (Lipinski definition) is 1. The van der Waals surface area contributed by atoms with Crippen LogP contribution in [0, 0.1) is 6.57 Å². The van der Waals surface area contributed by atoms with Gasteiger partial charge in [0.05, 0.1) is 12.6 Å². The first-order valence-electron chi connectivity index (χ1n) is 3.62. The molecule has 3 nitrogen and oxygen atoms in total. The summed E-state index contributed by atoms with van der Waals surface area (Å²) in [7, 11) is 1.84. The minimum absolute atomic E-state index is 0.480. The standard InChI is InChI=1S/C9H7N3/c1-10-9-7-5-3-4-6-8(7)12(2)11-9/h3-6H,2H3. The van der Waals surface area contributed by atoms with Crippen molar-refractivity contribution in [3.8, 4) is 0 Å². The average Bonchev–Trinajstić information content (AvgIpc) is 2.44. The van der Waals surface area contributed by atoms with Crippen LogP contribution in [0.15, 0.2) is 24.3 Å². The number of benzene rings is 1. The molecule has 0 radical (unpaired) electrons. The van der Waals surface area contributed by atoms with Crippen molar-refractivity contribution in [2.75, 3.05) is 0 Å². The zero-order chi connectivity index (χ0) is 8.55. The zero-order valence-electron chi connectivity index (χ0n) is 6.65. The molecule has 0 bridgehead atoms. The molecular formula is C9H7N3. The highest BCUT2D eigenvalue weighted by atomic mass is 15.3. The van der Waals surface area contributed by atoms with Crippen molar-refractivity contribution in [3.63, 3.8) is 0 Å². The predicted molar refractivity (Wildman–Crippen MR) is 47.0 cm³/mol. The fourth-order valence-corrected chi connectivity index (χ4v) is 1.28. The van der Waals surface area contributed by atoms with Crippen molar-refractivity contribution in [2.24, 2.45) is 7.05 Å². The fourth-order valence-electron chi connectivity index (χ4n) is 1.28. The molecule has 1 heterocycles.